The molecule has 1 saturated heterocycles. The van der Waals surface area contributed by atoms with Crippen LogP contribution in [0.5, 0.6) is 0 Å². The molecular weight excluding hydrogens is 481 g/mol. The molecule has 1 aromatic rings. The van der Waals surface area contributed by atoms with Crippen LogP contribution in [0.4, 0.5) is 0 Å². The molecule has 0 bridgehead atoms. The minimum Gasteiger partial charge on any atom is -0.379 e. The Kier molecular flexibility index (Phi) is 11.5. The molecule has 0 saturated carbocycles. The van der Waals surface area contributed by atoms with Gasteiger partial charge < -0.3 is 20.3 Å². The van der Waals surface area contributed by atoms with Crippen LogP contribution in [-0.2, 0) is 16.1 Å². The van der Waals surface area contributed by atoms with Gasteiger partial charge in [0.2, 0.25) is 5.91 Å². The van der Waals surface area contributed by atoms with Gasteiger partial charge in [0.1, 0.15) is 0 Å². The fourth-order valence-corrected chi connectivity index (χ4v) is 3.23. The Morgan fingerprint density at radius 1 is 1.21 bits per heavy atom. The highest BCUT2D eigenvalue weighted by molar-refractivity contribution is 14.0. The maximum atomic E-state index is 12.3. The summed E-state index contributed by atoms with van der Waals surface area (Å²) < 4.78 is 5.44. The number of ether oxygens (including phenoxy) is 1. The molecule has 7 nitrogen and oxygen atoms in total. The van der Waals surface area contributed by atoms with Crippen LogP contribution in [0.2, 0.25) is 0 Å². The van der Waals surface area contributed by atoms with Crippen molar-refractivity contribution in [1.29, 1.82) is 0 Å². The van der Waals surface area contributed by atoms with Crippen molar-refractivity contribution in [2.75, 3.05) is 53.5 Å². The molecule has 1 aromatic carbocycles. The first-order valence-corrected chi connectivity index (χ1v) is 9.97. The summed E-state index contributed by atoms with van der Waals surface area (Å²) in [4.78, 5) is 20.8. The van der Waals surface area contributed by atoms with Crippen LogP contribution in [0, 0.1) is 0 Å². The number of carbonyl (C=O) groups excluding carboxylic acids is 1. The summed E-state index contributed by atoms with van der Waals surface area (Å²) in [7, 11) is 3.59. The Hall–Kier alpha value is -1.39. The number of guanidine groups is 1. The largest absolute Gasteiger partial charge is 0.379 e. The van der Waals surface area contributed by atoms with Crippen molar-refractivity contribution in [3.05, 3.63) is 35.9 Å². The average molecular weight is 517 g/mol. The second-order valence-corrected chi connectivity index (χ2v) is 7.75. The van der Waals surface area contributed by atoms with Crippen molar-refractivity contribution < 1.29 is 9.53 Å². The summed E-state index contributed by atoms with van der Waals surface area (Å²) in [5.74, 6) is 0.834. The van der Waals surface area contributed by atoms with E-state index in [2.05, 4.69) is 34.4 Å². The van der Waals surface area contributed by atoms with E-state index in [-0.39, 0.29) is 35.4 Å². The second kappa shape index (κ2) is 13.0. The van der Waals surface area contributed by atoms with Crippen molar-refractivity contribution in [2.45, 2.75) is 32.4 Å². The summed E-state index contributed by atoms with van der Waals surface area (Å²) in [6, 6.07) is 10.0. The summed E-state index contributed by atoms with van der Waals surface area (Å²) in [6.07, 6.45) is 0.427. The minimum atomic E-state index is 0. The topological polar surface area (TPSA) is 69.2 Å². The van der Waals surface area contributed by atoms with Gasteiger partial charge in [-0.1, -0.05) is 30.3 Å². The number of nitrogens with one attached hydrogen (secondary N) is 2. The standard InChI is InChI=1S/C21H35N5O2.HI/c1-21(2,26-12-14-28-15-13-26)17-24-20(22-3)23-11-10-19(27)25(4)16-18-8-6-5-7-9-18;/h5-9H,10-17H2,1-4H3,(H2,22,23,24);1H. The number of hydrogen-bond donors (Lipinski definition) is 2. The molecule has 0 radical (unpaired) electrons. The van der Waals surface area contributed by atoms with E-state index < -0.39 is 0 Å². The van der Waals surface area contributed by atoms with E-state index in [1.54, 1.807) is 11.9 Å². The summed E-state index contributed by atoms with van der Waals surface area (Å²) >= 11 is 0. The normalized spacial score (nSPS) is 15.4. The van der Waals surface area contributed by atoms with Crippen LogP contribution in [-0.4, -0.2) is 80.7 Å². The van der Waals surface area contributed by atoms with Gasteiger partial charge in [0.05, 0.1) is 13.2 Å². The van der Waals surface area contributed by atoms with Gasteiger partial charge >= 0.3 is 0 Å². The molecule has 0 unspecified atom stereocenters. The van der Waals surface area contributed by atoms with Crippen molar-refractivity contribution in [2.24, 2.45) is 4.99 Å². The number of hydrogen-bond acceptors (Lipinski definition) is 4. The fraction of sp³-hybridized carbons (Fsp3) is 0.619. The van der Waals surface area contributed by atoms with Crippen molar-refractivity contribution in [3.8, 4) is 0 Å². The highest BCUT2D eigenvalue weighted by Crippen LogP contribution is 2.14. The zero-order chi connectivity index (χ0) is 20.4. The average Bonchev–Trinajstić information content (AvgIpc) is 2.71. The minimum absolute atomic E-state index is 0. The molecule has 0 aliphatic carbocycles. The van der Waals surface area contributed by atoms with Gasteiger partial charge in [-0.2, -0.15) is 0 Å². The maximum absolute atomic E-state index is 12.3. The summed E-state index contributed by atoms with van der Waals surface area (Å²) in [6.45, 7) is 9.86. The Bertz CT molecular complexity index is 633. The number of nitrogens with zero attached hydrogens (tertiary/aromatic N) is 3. The molecule has 1 fully saturated rings. The van der Waals surface area contributed by atoms with Gasteiger partial charge in [0.25, 0.3) is 0 Å². The summed E-state index contributed by atoms with van der Waals surface area (Å²) in [5, 5.41) is 6.62. The molecule has 1 amide bonds. The highest BCUT2D eigenvalue weighted by atomic mass is 127. The highest BCUT2D eigenvalue weighted by Gasteiger charge is 2.28. The lowest BCUT2D eigenvalue weighted by atomic mass is 10.0. The monoisotopic (exact) mass is 517 g/mol. The zero-order valence-electron chi connectivity index (χ0n) is 18.1. The van der Waals surface area contributed by atoms with Gasteiger partial charge in [0.15, 0.2) is 5.96 Å². The molecule has 0 atom stereocenters. The van der Waals surface area contributed by atoms with E-state index >= 15 is 0 Å². The molecule has 1 aliphatic heterocycles. The molecule has 2 N–H and O–H groups in total. The van der Waals surface area contributed by atoms with E-state index in [1.165, 1.54) is 0 Å². The van der Waals surface area contributed by atoms with Crippen LogP contribution < -0.4 is 10.6 Å². The van der Waals surface area contributed by atoms with E-state index in [4.69, 9.17) is 4.74 Å². The predicted octanol–water partition coefficient (Wildman–Crippen LogP) is 1.93. The van der Waals surface area contributed by atoms with Crippen LogP contribution in [0.15, 0.2) is 35.3 Å². The number of carbonyl (C=O) groups is 1. The lowest BCUT2D eigenvalue weighted by molar-refractivity contribution is -0.130. The van der Waals surface area contributed by atoms with Crippen LogP contribution in [0.3, 0.4) is 0 Å². The van der Waals surface area contributed by atoms with E-state index in [1.807, 2.05) is 37.4 Å². The molecule has 8 heteroatoms. The quantitative estimate of drug-likeness (QED) is 0.314. The Morgan fingerprint density at radius 2 is 1.86 bits per heavy atom. The van der Waals surface area contributed by atoms with Crippen LogP contribution in [0.1, 0.15) is 25.8 Å². The Labute approximate surface area is 192 Å². The molecule has 29 heavy (non-hydrogen) atoms. The van der Waals surface area contributed by atoms with Crippen LogP contribution >= 0.6 is 24.0 Å². The van der Waals surface area contributed by atoms with Gasteiger partial charge in [-0.15, -0.1) is 24.0 Å². The predicted molar refractivity (Wildman–Crippen MR) is 129 cm³/mol. The van der Waals surface area contributed by atoms with Gasteiger partial charge in [-0.05, 0) is 19.4 Å². The smallest absolute Gasteiger partial charge is 0.224 e. The molecule has 1 aliphatic rings. The molecule has 164 valence electrons. The number of rotatable bonds is 8. The number of morpholine rings is 1. The maximum Gasteiger partial charge on any atom is 0.224 e. The first-order valence-electron chi connectivity index (χ1n) is 9.97. The van der Waals surface area contributed by atoms with Crippen molar-refractivity contribution in [3.63, 3.8) is 0 Å². The van der Waals surface area contributed by atoms with Crippen LogP contribution in [0.25, 0.3) is 0 Å². The number of halogens is 1. The van der Waals surface area contributed by atoms with E-state index in [9.17, 15) is 4.79 Å². The molecule has 0 aromatic heterocycles. The number of amides is 1. The van der Waals surface area contributed by atoms with Gasteiger partial charge in [0, 0.05) is 58.8 Å². The number of aliphatic imine (C=N–C) groups is 1. The van der Waals surface area contributed by atoms with E-state index in [0.717, 1.165) is 44.4 Å². The molecule has 1 heterocycles. The SMILES string of the molecule is CN=C(NCCC(=O)N(C)Cc1ccccc1)NCC(C)(C)N1CCOCC1.I. The second-order valence-electron chi connectivity index (χ2n) is 7.75. The Balaban J connectivity index is 0.00000420. The lowest BCUT2D eigenvalue weighted by Gasteiger charge is -2.41. The third kappa shape index (κ3) is 8.88. The van der Waals surface area contributed by atoms with Gasteiger partial charge in [-0.3, -0.25) is 14.7 Å². The fourth-order valence-electron chi connectivity index (χ4n) is 3.23. The van der Waals surface area contributed by atoms with Crippen molar-refractivity contribution in [1.82, 2.24) is 20.4 Å². The first kappa shape index (κ1) is 25.6. The van der Waals surface area contributed by atoms with Crippen molar-refractivity contribution >= 4 is 35.8 Å². The van der Waals surface area contributed by atoms with E-state index in [0.29, 0.717) is 19.5 Å². The zero-order valence-corrected chi connectivity index (χ0v) is 20.4. The van der Waals surface area contributed by atoms with Gasteiger partial charge in [-0.25, -0.2) is 0 Å². The Morgan fingerprint density at radius 3 is 2.48 bits per heavy atom. The molecular formula is C21H36IN5O2. The first-order chi connectivity index (χ1) is 13.4. The molecule has 2 rings (SSSR count). The molecule has 0 spiro atoms. The number of benzene rings is 1. The summed E-state index contributed by atoms with van der Waals surface area (Å²) in [5.41, 5.74) is 1.14. The lowest BCUT2D eigenvalue weighted by Crippen LogP contribution is -2.56. The third-order valence-electron chi connectivity index (χ3n) is 5.10. The third-order valence-corrected chi connectivity index (χ3v) is 5.10.